The molecule has 91 heavy (non-hydrogen) atoms. The molecule has 9 N–H and O–H groups in total. The number of ether oxygens (including phenoxy) is 5. The maximum atomic E-state index is 15.1. The molecule has 2 aromatic carbocycles. The van der Waals surface area contributed by atoms with Gasteiger partial charge in [0.05, 0.1) is 42.5 Å². The standard InChI is InChI=1S/C61H83Br2ClF3N9O15/c1-32(2)50(73-47(77)19-12-11-13-22-69-52(79)38(30-62)31-63)54(81)72-41(17-15-23-70-57(68)84)53(80)71-40-21-20-37(27-39(40)61(65,66)67)55(82)75(7)35(5)56(83)90-46-28-48(78)76(8)42-25-36(26-43(87-9)49(42)64)24-33(3)16-14-18-45(88-10)60(86)29-44(89-58(85)74-60)34(4)51-59(46,6)91-51/h14,16,18,20-21,25-27,32,34-35,38,41,44-46,50-51,86H,11-13,15,17,19,22-24,28-31H2,1-10H3,(H,69,79)(H,71,80)(H,72,81)(H,73,77)(H,74,85)(H3,68,70,84)/b18-14+,33-16+/t34-,35+,41+,44+,45-,46+,50+,51+,59+,60+/m1/s1. The van der Waals surface area contributed by atoms with E-state index in [2.05, 4.69) is 63.8 Å². The van der Waals surface area contributed by atoms with E-state index in [1.807, 2.05) is 6.92 Å². The molecule has 30 heteroatoms. The van der Waals surface area contributed by atoms with Crippen LogP contribution in [0.4, 0.5) is 34.1 Å². The molecule has 3 aliphatic rings. The molecule has 504 valence electrons. The summed E-state index contributed by atoms with van der Waals surface area (Å²) in [4.78, 5) is 123. The Hall–Kier alpha value is -6.53. The molecule has 4 bridgehead atoms. The number of rotatable bonds is 25. The van der Waals surface area contributed by atoms with Crippen LogP contribution in [-0.4, -0.2) is 169 Å². The first-order valence-electron chi connectivity index (χ1n) is 29.6. The second kappa shape index (κ2) is 33.4. The molecule has 0 aliphatic carbocycles. The first-order valence-corrected chi connectivity index (χ1v) is 32.3. The van der Waals surface area contributed by atoms with Gasteiger partial charge in [0.2, 0.25) is 29.5 Å². The summed E-state index contributed by atoms with van der Waals surface area (Å²) in [5.74, 6) is -6.65. The number of alkyl carbamates (subject to hydrolysis) is 1. The highest BCUT2D eigenvalue weighted by molar-refractivity contribution is 9.09. The number of hydrogen-bond acceptors (Lipinski definition) is 15. The van der Waals surface area contributed by atoms with Crippen LogP contribution in [0.1, 0.15) is 114 Å². The molecule has 24 nitrogen and oxygen atoms in total. The quantitative estimate of drug-likeness (QED) is 0.0216. The van der Waals surface area contributed by atoms with E-state index in [1.54, 1.807) is 58.1 Å². The summed E-state index contributed by atoms with van der Waals surface area (Å²) in [6, 6.07) is 0.498. The van der Waals surface area contributed by atoms with Gasteiger partial charge in [0.1, 0.15) is 52.8 Å². The van der Waals surface area contributed by atoms with Crippen molar-refractivity contribution in [2.75, 3.05) is 62.3 Å². The lowest BCUT2D eigenvalue weighted by molar-refractivity contribution is -0.158. The number of likely N-dealkylation sites (N-methyl/N-ethyl adjacent to an activating group) is 1. The van der Waals surface area contributed by atoms with Gasteiger partial charge in [-0.1, -0.05) is 94.5 Å². The third-order valence-corrected chi connectivity index (χ3v) is 18.2. The predicted molar refractivity (Wildman–Crippen MR) is 338 cm³/mol. The summed E-state index contributed by atoms with van der Waals surface area (Å²) in [6.45, 7) is 9.93. The number of urea groups is 1. The zero-order valence-electron chi connectivity index (χ0n) is 52.5. The zero-order valence-corrected chi connectivity index (χ0v) is 56.4. The SMILES string of the molecule is COc1cc2cc(c1Cl)N(C)C(=O)C[C@H](OC(=O)[C@H](C)N(C)C(=O)c1ccc(NC(=O)[C@H](CCCNC(N)=O)NC(=O)[C@@H](NC(=O)CCCCCNC(=O)C(CBr)CBr)C(C)C)c(C(F)(F)F)c1)[C@]1(C)O[C@H]1[C@H](C)[C@@H]1C[C@@](O)(NC(=O)O1)[C@H](OC)/C=C/C=C(\C)C2. The number of hydrogen-bond donors (Lipinski definition) is 8. The third-order valence-electron chi connectivity index (χ3n) is 16.3. The summed E-state index contributed by atoms with van der Waals surface area (Å²) in [6.07, 6.45) is -4.63. The summed E-state index contributed by atoms with van der Waals surface area (Å²) in [7, 11) is 5.36. The van der Waals surface area contributed by atoms with Gasteiger partial charge in [-0.3, -0.25) is 34.1 Å². The Morgan fingerprint density at radius 1 is 0.967 bits per heavy atom. The van der Waals surface area contributed by atoms with Gasteiger partial charge in [-0.2, -0.15) is 13.2 Å². The molecule has 2 aromatic rings. The largest absolute Gasteiger partial charge is 0.495 e. The van der Waals surface area contributed by atoms with Gasteiger partial charge in [-0.15, -0.1) is 0 Å². The minimum Gasteiger partial charge on any atom is -0.495 e. The van der Waals surface area contributed by atoms with Gasteiger partial charge < -0.3 is 70.9 Å². The number of allylic oxidation sites excluding steroid dienone is 3. The molecule has 5 rings (SSSR count). The Morgan fingerprint density at radius 2 is 1.65 bits per heavy atom. The number of alkyl halides is 5. The number of epoxide rings is 1. The fourth-order valence-corrected chi connectivity index (χ4v) is 12.5. The molecular weight excluding hydrogens is 1350 g/mol. The maximum absolute atomic E-state index is 15.1. The summed E-state index contributed by atoms with van der Waals surface area (Å²) in [5.41, 5.74) is 0.597. The molecule has 3 heterocycles. The number of halogens is 6. The second-order valence-corrected chi connectivity index (χ2v) is 25.1. The molecular formula is C61H83Br2ClF3N9O15. The second-order valence-electron chi connectivity index (χ2n) is 23.5. The van der Waals surface area contributed by atoms with Gasteiger partial charge in [0, 0.05) is 69.3 Å². The third kappa shape index (κ3) is 20.2. The smallest absolute Gasteiger partial charge is 0.418 e. The number of esters is 1. The van der Waals surface area contributed by atoms with Crippen molar-refractivity contribution in [1.29, 1.82) is 0 Å². The van der Waals surface area contributed by atoms with Crippen LogP contribution in [0.2, 0.25) is 5.02 Å². The van der Waals surface area contributed by atoms with Crippen LogP contribution in [0.15, 0.2) is 54.1 Å². The fourth-order valence-electron chi connectivity index (χ4n) is 10.6. The van der Waals surface area contributed by atoms with E-state index in [4.69, 9.17) is 41.0 Å². The number of carbonyl (C=O) groups excluding carboxylic acids is 9. The highest BCUT2D eigenvalue weighted by atomic mass is 79.9. The normalized spacial score (nSPS) is 23.7. The molecule has 0 radical (unpaired) electrons. The number of methoxy groups -OCH3 is 2. The number of fused-ring (bicyclic) bond motifs is 5. The van der Waals surface area contributed by atoms with Crippen molar-refractivity contribution in [3.05, 3.63) is 75.8 Å². The van der Waals surface area contributed by atoms with Crippen molar-refractivity contribution in [2.24, 2.45) is 23.5 Å². The number of anilines is 2. The van der Waals surface area contributed by atoms with Crippen molar-refractivity contribution in [3.8, 4) is 5.75 Å². The number of nitrogens with one attached hydrogen (secondary N) is 6. The number of primary amides is 1. The first-order chi connectivity index (χ1) is 42.7. The Bertz CT molecular complexity index is 3050. The van der Waals surface area contributed by atoms with Gasteiger partial charge in [-0.25, -0.2) is 14.4 Å². The molecule has 0 saturated carbocycles. The van der Waals surface area contributed by atoms with Gasteiger partial charge in [-0.05, 0) is 94.7 Å². The molecule has 3 aliphatic heterocycles. The Labute approximate surface area is 548 Å². The number of unbranched alkanes of at least 4 members (excludes halogenated alkanes) is 2. The van der Waals surface area contributed by atoms with E-state index in [-0.39, 0.29) is 60.5 Å². The van der Waals surface area contributed by atoms with Crippen molar-refractivity contribution >= 4 is 108 Å². The van der Waals surface area contributed by atoms with E-state index >= 15 is 13.2 Å². The molecule has 2 fully saturated rings. The number of carbonyl (C=O) groups is 9. The predicted octanol–water partition coefficient (Wildman–Crippen LogP) is 6.94. The zero-order chi connectivity index (χ0) is 67.9. The lowest BCUT2D eigenvalue weighted by Gasteiger charge is -2.42. The van der Waals surface area contributed by atoms with Gasteiger partial charge in [0.15, 0.2) is 5.72 Å². The van der Waals surface area contributed by atoms with E-state index in [1.165, 1.54) is 33.1 Å². The highest BCUT2D eigenvalue weighted by Gasteiger charge is 2.64. The van der Waals surface area contributed by atoms with Crippen LogP contribution in [0.3, 0.4) is 0 Å². The Balaban J connectivity index is 1.37. The van der Waals surface area contributed by atoms with E-state index in [0.717, 1.165) is 29.7 Å². The summed E-state index contributed by atoms with van der Waals surface area (Å²) < 4.78 is 74.5. The fraction of sp³-hybridized carbons (Fsp3) is 0.590. The molecule has 2 saturated heterocycles. The number of benzene rings is 2. The van der Waals surface area contributed by atoms with Crippen molar-refractivity contribution in [2.45, 2.75) is 159 Å². The van der Waals surface area contributed by atoms with E-state index in [9.17, 15) is 48.3 Å². The summed E-state index contributed by atoms with van der Waals surface area (Å²) >= 11 is 13.4. The van der Waals surface area contributed by atoms with E-state index in [0.29, 0.717) is 54.5 Å². The molecule has 0 aromatic heterocycles. The van der Waals surface area contributed by atoms with Crippen LogP contribution >= 0.6 is 43.5 Å². The average Bonchev–Trinajstić information content (AvgIpc) is 1.61. The lowest BCUT2D eigenvalue weighted by Crippen LogP contribution is -2.63. The first kappa shape index (κ1) is 75.2. The molecule has 0 spiro atoms. The number of aliphatic hydroxyl groups is 1. The number of nitrogens with zero attached hydrogens (tertiary/aromatic N) is 2. The summed E-state index contributed by atoms with van der Waals surface area (Å²) in [5, 5.41) is 28.0. The van der Waals surface area contributed by atoms with E-state index < -0.39 is 143 Å². The number of amides is 9. The highest BCUT2D eigenvalue weighted by Crippen LogP contribution is 2.49. The number of nitrogens with two attached hydrogens (primary N) is 1. The van der Waals surface area contributed by atoms with Crippen LogP contribution in [0.25, 0.3) is 0 Å². The van der Waals surface area contributed by atoms with Gasteiger partial charge in [0.25, 0.3) is 5.91 Å². The monoisotopic (exact) mass is 1430 g/mol. The molecule has 9 amide bonds. The minimum atomic E-state index is -5.22. The average molecular weight is 1430 g/mol. The van der Waals surface area contributed by atoms with Crippen molar-refractivity contribution in [1.82, 2.24) is 31.5 Å². The topological polar surface area (TPSA) is 328 Å². The van der Waals surface area contributed by atoms with Crippen LogP contribution < -0.4 is 47.3 Å². The lowest BCUT2D eigenvalue weighted by atomic mass is 9.83. The van der Waals surface area contributed by atoms with Crippen LogP contribution in [-0.2, 0) is 60.3 Å². The Morgan fingerprint density at radius 3 is 2.27 bits per heavy atom. The van der Waals surface area contributed by atoms with Crippen molar-refractivity contribution < 1.29 is 85.1 Å². The molecule has 0 unspecified atom stereocenters. The van der Waals surface area contributed by atoms with Crippen molar-refractivity contribution in [3.63, 3.8) is 0 Å². The maximum Gasteiger partial charge on any atom is 0.418 e. The minimum absolute atomic E-state index is 0.00533. The van der Waals surface area contributed by atoms with Gasteiger partial charge >= 0.3 is 24.3 Å². The van der Waals surface area contributed by atoms with Crippen LogP contribution in [0, 0.1) is 17.8 Å². The Kier molecular flexibility index (Phi) is 27.6. The van der Waals surface area contributed by atoms with Crippen LogP contribution in [0.5, 0.6) is 5.75 Å². The molecule has 10 atom stereocenters.